The third-order valence-electron chi connectivity index (χ3n) is 4.27. The summed E-state index contributed by atoms with van der Waals surface area (Å²) in [6.45, 7) is 0. The Morgan fingerprint density at radius 2 is 1.15 bits per heavy atom. The molecular weight excluding hydrogens is 375 g/mol. The highest BCUT2D eigenvalue weighted by molar-refractivity contribution is 5.79. The summed E-state index contributed by atoms with van der Waals surface area (Å²) in [6, 6.07) is 0. The molecule has 1 aliphatic rings. The van der Waals surface area contributed by atoms with Crippen LogP contribution in [0.2, 0.25) is 0 Å². The molecule has 0 saturated heterocycles. The fourth-order valence-electron chi connectivity index (χ4n) is 2.82. The molecule has 0 amide bonds. The summed E-state index contributed by atoms with van der Waals surface area (Å²) in [5.74, 6) is -15.0. The second kappa shape index (κ2) is 9.66. The summed E-state index contributed by atoms with van der Waals surface area (Å²) in [5, 5.41) is 0. The van der Waals surface area contributed by atoms with E-state index in [4.69, 9.17) is 4.74 Å². The average molecular weight is 394 g/mol. The molecule has 0 heterocycles. The first-order chi connectivity index (χ1) is 12.8. The van der Waals surface area contributed by atoms with Crippen LogP contribution in [0.1, 0.15) is 57.8 Å². The lowest BCUT2D eigenvalue weighted by Gasteiger charge is -2.20. The smallest absolute Gasteiger partial charge is 0.311 e. The number of carbonyl (C=O) groups excluding carboxylic acids is 2. The average Bonchev–Trinajstić information content (AvgIpc) is 2.62. The van der Waals surface area contributed by atoms with Crippen LogP contribution in [0.3, 0.4) is 0 Å². The van der Waals surface area contributed by atoms with Gasteiger partial charge in [-0.05, 0) is 25.7 Å². The number of rotatable bonds is 5. The van der Waals surface area contributed by atoms with Crippen molar-refractivity contribution in [2.24, 2.45) is 0 Å². The zero-order valence-electron chi connectivity index (χ0n) is 14.5. The van der Waals surface area contributed by atoms with Crippen molar-refractivity contribution in [3.05, 3.63) is 29.1 Å². The Bertz CT molecular complexity index is 670. The van der Waals surface area contributed by atoms with E-state index in [0.29, 0.717) is 0 Å². The zero-order valence-corrected chi connectivity index (χ0v) is 14.5. The van der Waals surface area contributed by atoms with E-state index in [1.807, 2.05) is 0 Å². The minimum absolute atomic E-state index is 0.246. The van der Waals surface area contributed by atoms with E-state index in [1.54, 1.807) is 0 Å². The lowest BCUT2D eigenvalue weighted by molar-refractivity contribution is -0.152. The Hall–Kier alpha value is -2.19. The largest absolute Gasteiger partial charge is 0.462 e. The quantitative estimate of drug-likeness (QED) is 0.238. The van der Waals surface area contributed by atoms with Crippen LogP contribution in [-0.4, -0.2) is 18.0 Å². The Balaban J connectivity index is 1.88. The van der Waals surface area contributed by atoms with Gasteiger partial charge in [0, 0.05) is 0 Å². The van der Waals surface area contributed by atoms with Gasteiger partial charge in [-0.2, -0.15) is 8.78 Å². The van der Waals surface area contributed by atoms with Crippen molar-refractivity contribution in [2.45, 2.75) is 63.9 Å². The molecular formula is C18H19F5O4. The fourth-order valence-corrected chi connectivity index (χ4v) is 2.82. The highest BCUT2D eigenvalue weighted by Gasteiger charge is 2.28. The molecule has 1 fully saturated rings. The topological polar surface area (TPSA) is 52.6 Å². The molecule has 150 valence electrons. The molecule has 1 aliphatic carbocycles. The van der Waals surface area contributed by atoms with Gasteiger partial charge in [-0.3, -0.25) is 9.59 Å². The Morgan fingerprint density at radius 1 is 0.704 bits per heavy atom. The monoisotopic (exact) mass is 394 g/mol. The number of hydrogen-bond donors (Lipinski definition) is 0. The van der Waals surface area contributed by atoms with Crippen LogP contribution in [-0.2, 0) is 14.3 Å². The molecule has 1 aromatic carbocycles. The molecule has 0 radical (unpaired) electrons. The first-order valence-corrected chi connectivity index (χ1v) is 8.72. The maximum Gasteiger partial charge on any atom is 0.311 e. The van der Waals surface area contributed by atoms with Crippen molar-refractivity contribution in [3.63, 3.8) is 0 Å². The molecule has 27 heavy (non-hydrogen) atoms. The summed E-state index contributed by atoms with van der Waals surface area (Å²) < 4.78 is 75.5. The van der Waals surface area contributed by atoms with Crippen molar-refractivity contribution in [1.82, 2.24) is 0 Å². The van der Waals surface area contributed by atoms with Crippen molar-refractivity contribution in [1.29, 1.82) is 0 Å². The molecule has 0 aliphatic heterocycles. The van der Waals surface area contributed by atoms with E-state index in [1.165, 1.54) is 0 Å². The van der Waals surface area contributed by atoms with Gasteiger partial charge in [-0.1, -0.05) is 19.3 Å². The molecule has 1 saturated carbocycles. The minimum Gasteiger partial charge on any atom is -0.462 e. The molecule has 0 N–H and O–H groups in total. The van der Waals surface area contributed by atoms with Crippen LogP contribution >= 0.6 is 0 Å². The van der Waals surface area contributed by atoms with E-state index in [9.17, 15) is 31.5 Å². The zero-order chi connectivity index (χ0) is 20.0. The van der Waals surface area contributed by atoms with Gasteiger partial charge in [-0.15, -0.1) is 0 Å². The highest BCUT2D eigenvalue weighted by atomic mass is 19.2. The lowest BCUT2D eigenvalue weighted by atomic mass is 9.98. The highest BCUT2D eigenvalue weighted by Crippen LogP contribution is 2.29. The molecule has 9 heteroatoms. The van der Waals surface area contributed by atoms with Gasteiger partial charge in [0.2, 0.25) is 34.8 Å². The van der Waals surface area contributed by atoms with Crippen LogP contribution in [0.4, 0.5) is 22.0 Å². The van der Waals surface area contributed by atoms with Gasteiger partial charge in [-0.25, -0.2) is 13.2 Å². The Labute approximate surface area is 152 Å². The number of benzene rings is 1. The number of esters is 2. The predicted molar refractivity (Wildman–Crippen MR) is 83.3 cm³/mol. The van der Waals surface area contributed by atoms with Gasteiger partial charge in [0.15, 0.2) is 0 Å². The summed E-state index contributed by atoms with van der Waals surface area (Å²) in [4.78, 5) is 23.4. The molecule has 0 spiro atoms. The predicted octanol–water partition coefficient (Wildman–Crippen LogP) is 4.72. The lowest BCUT2D eigenvalue weighted by Crippen LogP contribution is -2.21. The second-order valence-electron chi connectivity index (χ2n) is 6.33. The van der Waals surface area contributed by atoms with Crippen molar-refractivity contribution in [3.8, 4) is 5.75 Å². The molecule has 0 unspecified atom stereocenters. The van der Waals surface area contributed by atoms with E-state index in [2.05, 4.69) is 4.74 Å². The van der Waals surface area contributed by atoms with Crippen molar-refractivity contribution >= 4 is 11.9 Å². The van der Waals surface area contributed by atoms with Crippen LogP contribution in [0.15, 0.2) is 0 Å². The summed E-state index contributed by atoms with van der Waals surface area (Å²) in [5.41, 5.74) is 0. The standard InChI is InChI=1S/C18H19F5O4/c19-13-14(20)16(22)18(17(23)15(13)21)27-12(25)9-8-11(24)26-10-6-4-2-1-3-5-7-10/h10H,1-9H2. The van der Waals surface area contributed by atoms with Gasteiger partial charge >= 0.3 is 11.9 Å². The van der Waals surface area contributed by atoms with Gasteiger partial charge in [0.1, 0.15) is 6.10 Å². The third-order valence-corrected chi connectivity index (χ3v) is 4.27. The van der Waals surface area contributed by atoms with E-state index >= 15 is 0 Å². The Morgan fingerprint density at radius 3 is 1.70 bits per heavy atom. The van der Waals surface area contributed by atoms with Crippen LogP contribution in [0, 0.1) is 29.1 Å². The SMILES string of the molecule is O=C(CCC(=O)OC1CCCCCCC1)Oc1c(F)c(F)c(F)c(F)c1F. The summed E-state index contributed by atoms with van der Waals surface area (Å²) in [7, 11) is 0. The molecule has 0 atom stereocenters. The maximum atomic E-state index is 13.5. The third kappa shape index (κ3) is 5.64. The van der Waals surface area contributed by atoms with E-state index in [-0.39, 0.29) is 6.10 Å². The van der Waals surface area contributed by atoms with Crippen LogP contribution < -0.4 is 4.74 Å². The maximum absolute atomic E-state index is 13.5. The molecule has 1 aromatic rings. The molecule has 4 nitrogen and oxygen atoms in total. The number of ether oxygens (including phenoxy) is 2. The second-order valence-corrected chi connectivity index (χ2v) is 6.33. The number of carbonyl (C=O) groups is 2. The van der Waals surface area contributed by atoms with Crippen LogP contribution in [0.5, 0.6) is 5.75 Å². The van der Waals surface area contributed by atoms with E-state index in [0.717, 1.165) is 44.9 Å². The number of hydrogen-bond acceptors (Lipinski definition) is 4. The Kier molecular flexibility index (Phi) is 7.55. The first-order valence-electron chi connectivity index (χ1n) is 8.72. The normalized spacial score (nSPS) is 15.7. The van der Waals surface area contributed by atoms with E-state index < -0.39 is 59.6 Å². The molecule has 0 aromatic heterocycles. The first kappa shape index (κ1) is 21.1. The van der Waals surface area contributed by atoms with Crippen molar-refractivity contribution < 1.29 is 41.0 Å². The number of halogens is 5. The minimum atomic E-state index is -2.35. The van der Waals surface area contributed by atoms with Gasteiger partial charge in [0.05, 0.1) is 12.8 Å². The van der Waals surface area contributed by atoms with Crippen LogP contribution in [0.25, 0.3) is 0 Å². The van der Waals surface area contributed by atoms with Crippen molar-refractivity contribution in [2.75, 3.05) is 0 Å². The summed E-state index contributed by atoms with van der Waals surface area (Å²) in [6.07, 6.45) is 5.27. The molecule has 2 rings (SSSR count). The van der Waals surface area contributed by atoms with Gasteiger partial charge < -0.3 is 9.47 Å². The summed E-state index contributed by atoms with van der Waals surface area (Å²) >= 11 is 0. The molecule has 0 bridgehead atoms. The van der Waals surface area contributed by atoms with Gasteiger partial charge in [0.25, 0.3) is 0 Å². The fraction of sp³-hybridized carbons (Fsp3) is 0.556.